The van der Waals surface area contributed by atoms with Gasteiger partial charge in [0.25, 0.3) is 0 Å². The van der Waals surface area contributed by atoms with E-state index in [2.05, 4.69) is 34.9 Å². The summed E-state index contributed by atoms with van der Waals surface area (Å²) in [7, 11) is 0. The molecule has 0 spiro atoms. The minimum Gasteiger partial charge on any atom is -0.508 e. The molecule has 9 nitrogen and oxygen atoms in total. The minimum absolute atomic E-state index is 0. The van der Waals surface area contributed by atoms with Crippen LogP contribution in [0.2, 0.25) is 0 Å². The highest BCUT2D eigenvalue weighted by Gasteiger charge is 2.45. The van der Waals surface area contributed by atoms with E-state index in [1.54, 1.807) is 18.2 Å². The van der Waals surface area contributed by atoms with E-state index < -0.39 is 5.82 Å². The number of terminal acetylenes is 1. The highest BCUT2D eigenvalue weighted by Crippen LogP contribution is 2.47. The lowest BCUT2D eigenvalue weighted by molar-refractivity contribution is 0.0231. The Morgan fingerprint density at radius 2 is 1.80 bits per heavy atom. The molecule has 2 aromatic carbocycles. The fourth-order valence-electron chi connectivity index (χ4n) is 7.86. The number of benzene rings is 2. The second kappa shape index (κ2) is 14.9. The van der Waals surface area contributed by atoms with Gasteiger partial charge in [0.2, 0.25) is 0 Å². The van der Waals surface area contributed by atoms with Gasteiger partial charge in [-0.25, -0.2) is 4.39 Å². The summed E-state index contributed by atoms with van der Waals surface area (Å²) in [6.07, 6.45) is 12.2. The largest absolute Gasteiger partial charge is 0.508 e. The molecule has 2 N–H and O–H groups in total. The van der Waals surface area contributed by atoms with E-state index >= 15 is 4.39 Å². The third-order valence-electron chi connectivity index (χ3n) is 10.4. The number of halogens is 1. The monoisotopic (exact) mass is 700 g/mol. The summed E-state index contributed by atoms with van der Waals surface area (Å²) in [5, 5.41) is 15.7. The molecule has 3 aliphatic heterocycles. The molecule has 0 amide bonds. The first-order valence-corrected chi connectivity index (χ1v) is 17.9. The smallest absolute Gasteiger partial charge is 0.319 e. The number of pyridine rings is 1. The Morgan fingerprint density at radius 1 is 1.08 bits per heavy atom. The van der Waals surface area contributed by atoms with Crippen LogP contribution in [0.4, 0.5) is 10.2 Å². The Balaban J connectivity index is 0.00000142. The van der Waals surface area contributed by atoms with Crippen LogP contribution in [0, 0.1) is 23.6 Å². The van der Waals surface area contributed by atoms with Gasteiger partial charge in [-0.1, -0.05) is 39.7 Å². The summed E-state index contributed by atoms with van der Waals surface area (Å²) >= 11 is 0. The number of piperazine rings is 1. The number of rotatable bonds is 8. The lowest BCUT2D eigenvalue weighted by atomic mass is 9.88. The van der Waals surface area contributed by atoms with E-state index in [0.717, 1.165) is 88.6 Å². The van der Waals surface area contributed by atoms with Crippen LogP contribution in [0.15, 0.2) is 30.5 Å². The molecule has 1 aliphatic carbocycles. The summed E-state index contributed by atoms with van der Waals surface area (Å²) in [6, 6.07) is 7.41. The summed E-state index contributed by atoms with van der Waals surface area (Å²) in [6.45, 7) is 14.9. The van der Waals surface area contributed by atoms with Crippen molar-refractivity contribution in [3.8, 4) is 35.2 Å². The molecule has 5 heterocycles. The van der Waals surface area contributed by atoms with Crippen LogP contribution in [0.25, 0.3) is 32.9 Å². The quantitative estimate of drug-likeness (QED) is 0.204. The van der Waals surface area contributed by atoms with Gasteiger partial charge in [-0.3, -0.25) is 9.88 Å². The number of hydrogen-bond donors (Lipinski definition) is 2. The van der Waals surface area contributed by atoms with Crippen molar-refractivity contribution in [1.82, 2.24) is 25.2 Å². The van der Waals surface area contributed by atoms with E-state index in [9.17, 15) is 5.11 Å². The van der Waals surface area contributed by atoms with Gasteiger partial charge in [0.1, 0.15) is 22.6 Å². The third kappa shape index (κ3) is 6.96. The van der Waals surface area contributed by atoms with Crippen molar-refractivity contribution in [1.29, 1.82) is 0 Å². The van der Waals surface area contributed by atoms with Crippen LogP contribution in [0.3, 0.4) is 0 Å². The lowest BCUT2D eigenvalue weighted by Crippen LogP contribution is -2.51. The Hall–Kier alpha value is -3.69. The van der Waals surface area contributed by atoms with Crippen molar-refractivity contribution in [2.24, 2.45) is 5.41 Å². The van der Waals surface area contributed by atoms with E-state index in [4.69, 9.17) is 30.8 Å². The second-order valence-corrected chi connectivity index (χ2v) is 14.1. The molecule has 4 fully saturated rings. The molecule has 266 valence electrons. The number of phenolic OH excluding ortho intramolecular Hbond substituents is 1. The number of anilines is 1. The molecular formula is C39H49FN6O3S. The number of ether oxygens (including phenoxy) is 2. The van der Waals surface area contributed by atoms with Gasteiger partial charge in [0.15, 0.2) is 5.82 Å². The molecule has 3 saturated heterocycles. The SMILES string of the molecule is C#Cc1c(F)ccc2cc(O)cc(-c3cnc4c(N5CC6CCC(C5)N6)nc(OCC5(CN6CCOCC6)CC5)nc4c3C(C)C)c12.CC.S. The average molecular weight is 701 g/mol. The molecule has 1 saturated carbocycles. The van der Waals surface area contributed by atoms with Gasteiger partial charge in [-0.15, -0.1) is 6.42 Å². The zero-order valence-electron chi connectivity index (χ0n) is 29.6. The van der Waals surface area contributed by atoms with Gasteiger partial charge in [0, 0.05) is 67.4 Å². The Bertz CT molecular complexity index is 1890. The molecular weight excluding hydrogens is 652 g/mol. The number of morpholine rings is 1. The predicted molar refractivity (Wildman–Crippen MR) is 202 cm³/mol. The van der Waals surface area contributed by atoms with E-state index in [-0.39, 0.29) is 36.1 Å². The molecule has 0 radical (unpaired) electrons. The van der Waals surface area contributed by atoms with Crippen molar-refractivity contribution >= 4 is 41.1 Å². The minimum atomic E-state index is -0.480. The van der Waals surface area contributed by atoms with E-state index in [1.807, 2.05) is 20.0 Å². The maximum absolute atomic E-state index is 15.1. The van der Waals surface area contributed by atoms with Gasteiger partial charge in [-0.05, 0) is 66.3 Å². The number of aromatic hydroxyl groups is 1. The van der Waals surface area contributed by atoms with Crippen molar-refractivity contribution in [3.05, 3.63) is 47.4 Å². The molecule has 4 aliphatic rings. The van der Waals surface area contributed by atoms with Crippen molar-refractivity contribution < 1.29 is 19.0 Å². The number of nitrogens with zero attached hydrogens (tertiary/aromatic N) is 5. The molecule has 2 bridgehead atoms. The number of hydrogen-bond acceptors (Lipinski definition) is 9. The molecule has 11 heteroatoms. The van der Waals surface area contributed by atoms with Gasteiger partial charge in [-0.2, -0.15) is 23.5 Å². The molecule has 2 aromatic heterocycles. The lowest BCUT2D eigenvalue weighted by Gasteiger charge is -2.34. The summed E-state index contributed by atoms with van der Waals surface area (Å²) in [4.78, 5) is 20.0. The van der Waals surface area contributed by atoms with E-state index in [1.165, 1.54) is 6.07 Å². The van der Waals surface area contributed by atoms with Crippen molar-refractivity contribution in [3.63, 3.8) is 0 Å². The molecule has 8 rings (SSSR count). The van der Waals surface area contributed by atoms with Crippen molar-refractivity contribution in [2.75, 3.05) is 57.4 Å². The average Bonchev–Trinajstić information content (AvgIpc) is 3.80. The summed E-state index contributed by atoms with van der Waals surface area (Å²) < 4.78 is 27.2. The molecule has 2 unspecified atom stereocenters. The number of nitrogens with one attached hydrogen (secondary N) is 1. The fraction of sp³-hybridized carbons (Fsp3) is 0.513. The fourth-order valence-corrected chi connectivity index (χ4v) is 7.86. The topological polar surface area (TPSA) is 95.9 Å². The number of phenols is 1. The summed E-state index contributed by atoms with van der Waals surface area (Å²) in [5.41, 5.74) is 3.97. The predicted octanol–water partition coefficient (Wildman–Crippen LogP) is 6.37. The highest BCUT2D eigenvalue weighted by molar-refractivity contribution is 7.59. The molecule has 4 aromatic rings. The molecule has 50 heavy (non-hydrogen) atoms. The summed E-state index contributed by atoms with van der Waals surface area (Å²) in [5.74, 6) is 2.92. The second-order valence-electron chi connectivity index (χ2n) is 14.1. The zero-order chi connectivity index (χ0) is 34.3. The normalized spacial score (nSPS) is 21.0. The van der Waals surface area contributed by atoms with Crippen LogP contribution in [-0.4, -0.2) is 89.6 Å². The highest BCUT2D eigenvalue weighted by atomic mass is 32.1. The first-order valence-electron chi connectivity index (χ1n) is 17.9. The number of aromatic nitrogens is 3. The number of fused-ring (bicyclic) bond motifs is 4. The van der Waals surface area contributed by atoms with Crippen LogP contribution in [0.1, 0.15) is 70.4 Å². The third-order valence-corrected chi connectivity index (χ3v) is 10.4. The molecule has 2 atom stereocenters. The zero-order valence-corrected chi connectivity index (χ0v) is 30.6. The van der Waals surface area contributed by atoms with E-state index in [0.29, 0.717) is 52.1 Å². The Labute approximate surface area is 301 Å². The maximum atomic E-state index is 15.1. The van der Waals surface area contributed by atoms with Crippen LogP contribution < -0.4 is 15.0 Å². The van der Waals surface area contributed by atoms with Crippen LogP contribution in [-0.2, 0) is 4.74 Å². The van der Waals surface area contributed by atoms with Crippen LogP contribution >= 0.6 is 13.5 Å². The maximum Gasteiger partial charge on any atom is 0.319 e. The Kier molecular flexibility index (Phi) is 10.8. The standard InChI is InChI=1S/C37H41FN6O3.C2H6.H2S/c1-4-27-30(38)8-5-23-15-26(45)16-28(32(23)27)29-17-39-34-33(31(29)22(2)3)41-36(42-35(34)44-18-24-6-7-25(19-44)40-24)47-21-37(9-10-37)20-43-11-13-46-14-12-43;1-2;/h1,5,8,15-17,22,24-25,40,45H,6-7,9-14,18-21H2,2-3H3;1-2H3;1H2. The first kappa shape index (κ1) is 36.1. The Morgan fingerprint density at radius 3 is 2.46 bits per heavy atom. The van der Waals surface area contributed by atoms with Gasteiger partial charge < -0.3 is 24.8 Å². The van der Waals surface area contributed by atoms with Gasteiger partial charge in [0.05, 0.1) is 25.4 Å². The van der Waals surface area contributed by atoms with Crippen LogP contribution in [0.5, 0.6) is 11.8 Å². The van der Waals surface area contributed by atoms with Crippen molar-refractivity contribution in [2.45, 2.75) is 71.4 Å². The first-order chi connectivity index (χ1) is 23.8. The van der Waals surface area contributed by atoms with Gasteiger partial charge >= 0.3 is 6.01 Å².